The second kappa shape index (κ2) is 10.7. The van der Waals surface area contributed by atoms with Gasteiger partial charge >= 0.3 is 5.97 Å². The molecule has 1 aromatic carbocycles. The molecule has 0 spiro atoms. The molecular weight excluding hydrogens is 412 g/mol. The first-order valence-electron chi connectivity index (χ1n) is 13.1. The Morgan fingerprint density at radius 3 is 1.82 bits per heavy atom. The Bertz CT molecular complexity index is 859. The van der Waals surface area contributed by atoms with Crippen molar-refractivity contribution in [1.29, 1.82) is 5.26 Å². The summed E-state index contributed by atoms with van der Waals surface area (Å²) in [5.41, 5.74) is 2.93. The fourth-order valence-corrected chi connectivity index (χ4v) is 6.50. The zero-order valence-corrected chi connectivity index (χ0v) is 19.8. The van der Waals surface area contributed by atoms with Gasteiger partial charge in [0.15, 0.2) is 0 Å². The van der Waals surface area contributed by atoms with E-state index in [1.807, 2.05) is 0 Å². The minimum absolute atomic E-state index is 0.181. The van der Waals surface area contributed by atoms with Crippen LogP contribution in [0.2, 0.25) is 0 Å². The maximum Gasteiger partial charge on any atom is 0.329 e. The van der Waals surface area contributed by atoms with Crippen molar-refractivity contribution < 1.29 is 14.7 Å². The lowest BCUT2D eigenvalue weighted by Gasteiger charge is -2.34. The standard InChI is InChI=1S/C28H38N2O3/c29-19-25-23(21-10-4-1-5-11-21)16-20(17-24(25)22-12-6-2-7-13-22)18-26(31)30-28(27(32)33)14-8-3-9-15-28/h16-17,21-22H,1-15,18H2,(H,30,31)(H,32,33). The van der Waals surface area contributed by atoms with Crippen LogP contribution in [0.5, 0.6) is 0 Å². The van der Waals surface area contributed by atoms with Gasteiger partial charge in [0, 0.05) is 0 Å². The predicted octanol–water partition coefficient (Wildman–Crippen LogP) is 6.10. The Hall–Kier alpha value is -2.35. The average Bonchev–Trinajstić information content (AvgIpc) is 2.85. The molecule has 0 saturated heterocycles. The maximum atomic E-state index is 13.1. The Morgan fingerprint density at radius 2 is 1.36 bits per heavy atom. The van der Waals surface area contributed by atoms with Crippen molar-refractivity contribution in [1.82, 2.24) is 5.32 Å². The molecule has 0 atom stereocenters. The van der Waals surface area contributed by atoms with Crippen LogP contribution in [-0.4, -0.2) is 22.5 Å². The minimum Gasteiger partial charge on any atom is -0.480 e. The van der Waals surface area contributed by atoms with Crippen molar-refractivity contribution in [3.63, 3.8) is 0 Å². The molecule has 0 heterocycles. The lowest BCUT2D eigenvalue weighted by atomic mass is 9.76. The summed E-state index contributed by atoms with van der Waals surface area (Å²) in [5, 5.41) is 22.9. The number of rotatable bonds is 6. The van der Waals surface area contributed by atoms with Gasteiger partial charge in [-0.1, -0.05) is 69.9 Å². The quantitative estimate of drug-likeness (QED) is 0.548. The Labute approximate surface area is 198 Å². The Morgan fingerprint density at radius 1 is 0.879 bits per heavy atom. The first-order chi connectivity index (χ1) is 16.0. The van der Waals surface area contributed by atoms with Gasteiger partial charge in [-0.25, -0.2) is 4.79 Å². The average molecular weight is 451 g/mol. The molecule has 3 aliphatic carbocycles. The fourth-order valence-electron chi connectivity index (χ4n) is 6.50. The van der Waals surface area contributed by atoms with Crippen LogP contribution in [0.25, 0.3) is 0 Å². The van der Waals surface area contributed by atoms with Crippen molar-refractivity contribution in [2.45, 2.75) is 120 Å². The minimum atomic E-state index is -1.12. The topological polar surface area (TPSA) is 90.2 Å². The van der Waals surface area contributed by atoms with Gasteiger partial charge in [0.2, 0.25) is 5.91 Å². The zero-order chi connectivity index (χ0) is 23.3. The number of benzene rings is 1. The largest absolute Gasteiger partial charge is 0.480 e. The third-order valence-electron chi connectivity index (χ3n) is 8.32. The molecule has 178 valence electrons. The monoisotopic (exact) mass is 450 g/mol. The summed E-state index contributed by atoms with van der Waals surface area (Å²) < 4.78 is 0. The van der Waals surface area contributed by atoms with Gasteiger partial charge in [0.1, 0.15) is 5.54 Å². The number of nitriles is 1. The van der Waals surface area contributed by atoms with E-state index in [4.69, 9.17) is 0 Å². The van der Waals surface area contributed by atoms with E-state index in [1.165, 1.54) is 38.5 Å². The number of carbonyl (C=O) groups excluding carboxylic acids is 1. The third-order valence-corrected chi connectivity index (χ3v) is 8.32. The van der Waals surface area contributed by atoms with E-state index in [9.17, 15) is 20.0 Å². The van der Waals surface area contributed by atoms with Gasteiger partial charge < -0.3 is 10.4 Å². The number of amides is 1. The number of carboxylic acids is 1. The van der Waals surface area contributed by atoms with Crippen LogP contribution in [0.1, 0.15) is 130 Å². The van der Waals surface area contributed by atoms with Crippen LogP contribution in [0, 0.1) is 11.3 Å². The van der Waals surface area contributed by atoms with E-state index in [0.29, 0.717) is 24.7 Å². The summed E-state index contributed by atoms with van der Waals surface area (Å²) in [6.45, 7) is 0. The fraction of sp³-hybridized carbons (Fsp3) is 0.679. The first-order valence-corrected chi connectivity index (χ1v) is 13.1. The van der Waals surface area contributed by atoms with E-state index in [1.54, 1.807) is 0 Å². The van der Waals surface area contributed by atoms with E-state index < -0.39 is 11.5 Å². The summed E-state index contributed by atoms with van der Waals surface area (Å²) in [5.74, 6) is -0.348. The highest BCUT2D eigenvalue weighted by Crippen LogP contribution is 2.41. The number of carboxylic acid groups (broad SMARTS) is 1. The van der Waals surface area contributed by atoms with E-state index in [2.05, 4.69) is 23.5 Å². The molecule has 5 nitrogen and oxygen atoms in total. The van der Waals surface area contributed by atoms with Crippen LogP contribution in [0.15, 0.2) is 12.1 Å². The molecule has 5 heteroatoms. The molecule has 1 aromatic rings. The summed E-state index contributed by atoms with van der Waals surface area (Å²) in [7, 11) is 0. The second-order valence-electron chi connectivity index (χ2n) is 10.6. The predicted molar refractivity (Wildman–Crippen MR) is 128 cm³/mol. The molecule has 0 aliphatic heterocycles. The molecule has 33 heavy (non-hydrogen) atoms. The molecule has 0 bridgehead atoms. The van der Waals surface area contributed by atoms with Gasteiger partial charge in [-0.2, -0.15) is 5.26 Å². The van der Waals surface area contributed by atoms with Gasteiger partial charge in [0.05, 0.1) is 18.1 Å². The molecule has 1 amide bonds. The summed E-state index contributed by atoms with van der Waals surface area (Å²) >= 11 is 0. The second-order valence-corrected chi connectivity index (χ2v) is 10.6. The molecule has 3 aliphatic rings. The van der Waals surface area contributed by atoms with Gasteiger partial charge in [-0.05, 0) is 67.1 Å². The van der Waals surface area contributed by atoms with Crippen molar-refractivity contribution in [3.05, 3.63) is 34.4 Å². The number of hydrogen-bond acceptors (Lipinski definition) is 3. The third kappa shape index (κ3) is 5.42. The highest BCUT2D eigenvalue weighted by molar-refractivity contribution is 5.88. The molecule has 2 N–H and O–H groups in total. The van der Waals surface area contributed by atoms with E-state index in [-0.39, 0.29) is 12.3 Å². The van der Waals surface area contributed by atoms with Crippen LogP contribution in [0.3, 0.4) is 0 Å². The van der Waals surface area contributed by atoms with Gasteiger partial charge in [-0.3, -0.25) is 4.79 Å². The van der Waals surface area contributed by atoms with Crippen LogP contribution in [0.4, 0.5) is 0 Å². The summed E-state index contributed by atoms with van der Waals surface area (Å²) in [4.78, 5) is 25.1. The molecule has 3 fully saturated rings. The first kappa shape index (κ1) is 23.8. The van der Waals surface area contributed by atoms with Crippen molar-refractivity contribution in [3.8, 4) is 6.07 Å². The maximum absolute atomic E-state index is 13.1. The highest BCUT2D eigenvalue weighted by Gasteiger charge is 2.41. The van der Waals surface area contributed by atoms with Gasteiger partial charge in [0.25, 0.3) is 0 Å². The Kier molecular flexibility index (Phi) is 7.73. The molecule has 0 aromatic heterocycles. The normalized spacial score (nSPS) is 21.8. The SMILES string of the molecule is N#Cc1c(C2CCCCC2)cc(CC(=O)NC2(C(=O)O)CCCCC2)cc1C1CCCCC1. The molecule has 0 unspecified atom stereocenters. The van der Waals surface area contributed by atoms with Crippen molar-refractivity contribution >= 4 is 11.9 Å². The summed E-state index contributed by atoms with van der Waals surface area (Å²) in [6.07, 6.45) is 15.6. The van der Waals surface area contributed by atoms with Crippen molar-refractivity contribution in [2.24, 2.45) is 0 Å². The molecule has 3 saturated carbocycles. The van der Waals surface area contributed by atoms with E-state index >= 15 is 0 Å². The lowest BCUT2D eigenvalue weighted by molar-refractivity contribution is -0.149. The van der Waals surface area contributed by atoms with Crippen molar-refractivity contribution in [2.75, 3.05) is 0 Å². The lowest BCUT2D eigenvalue weighted by Crippen LogP contribution is -2.56. The highest BCUT2D eigenvalue weighted by atomic mass is 16.4. The number of nitrogens with zero attached hydrogens (tertiary/aromatic N) is 1. The van der Waals surface area contributed by atoms with Crippen LogP contribution < -0.4 is 5.32 Å². The van der Waals surface area contributed by atoms with Crippen LogP contribution >= 0.6 is 0 Å². The molecule has 4 rings (SSSR count). The molecule has 0 radical (unpaired) electrons. The Balaban J connectivity index is 1.63. The van der Waals surface area contributed by atoms with E-state index in [0.717, 1.165) is 67.2 Å². The van der Waals surface area contributed by atoms with Gasteiger partial charge in [-0.15, -0.1) is 0 Å². The molecular formula is C28H38N2O3. The number of hydrogen-bond donors (Lipinski definition) is 2. The number of aliphatic carboxylic acids is 1. The van der Waals surface area contributed by atoms with Crippen LogP contribution in [-0.2, 0) is 16.0 Å². The number of carbonyl (C=O) groups is 2. The number of nitrogens with one attached hydrogen (secondary N) is 1. The summed E-state index contributed by atoms with van der Waals surface area (Å²) in [6, 6.07) is 6.73. The smallest absolute Gasteiger partial charge is 0.329 e. The zero-order valence-electron chi connectivity index (χ0n) is 19.8.